The Bertz CT molecular complexity index is 604. The fraction of sp³-hybridized carbons (Fsp3) is 0.368. The normalized spacial score (nSPS) is 10.8. The molecule has 0 radical (unpaired) electrons. The van der Waals surface area contributed by atoms with E-state index >= 15 is 0 Å². The summed E-state index contributed by atoms with van der Waals surface area (Å²) in [6.07, 6.45) is 4.77. The van der Waals surface area contributed by atoms with Crippen molar-refractivity contribution in [3.63, 3.8) is 0 Å². The van der Waals surface area contributed by atoms with Gasteiger partial charge in [0.2, 0.25) is 0 Å². The molecule has 1 aromatic heterocycles. The lowest BCUT2D eigenvalue weighted by Crippen LogP contribution is -2.33. The highest BCUT2D eigenvalue weighted by atomic mass is 127. The molecule has 0 bridgehead atoms. The van der Waals surface area contributed by atoms with Crippen LogP contribution in [0.4, 0.5) is 5.69 Å². The number of benzene rings is 1. The highest BCUT2D eigenvalue weighted by Crippen LogP contribution is 2.11. The predicted molar refractivity (Wildman–Crippen MR) is 117 cm³/mol. The molecule has 136 valence electrons. The number of rotatable bonds is 9. The predicted octanol–water partition coefficient (Wildman–Crippen LogP) is 3.06. The number of aliphatic imine (C=N–C) groups is 1. The molecule has 0 atom stereocenters. The van der Waals surface area contributed by atoms with Gasteiger partial charge in [-0.1, -0.05) is 24.3 Å². The minimum absolute atomic E-state index is 0. The number of para-hydroxylation sites is 1. The fourth-order valence-corrected chi connectivity index (χ4v) is 2.39. The number of nitrogens with zero attached hydrogens (tertiary/aromatic N) is 3. The molecular weight excluding hydrogens is 425 g/mol. The van der Waals surface area contributed by atoms with E-state index in [0.717, 1.165) is 44.6 Å². The molecule has 25 heavy (non-hydrogen) atoms. The molecule has 0 unspecified atom stereocenters. The van der Waals surface area contributed by atoms with Gasteiger partial charge in [-0.2, -0.15) is 0 Å². The van der Waals surface area contributed by atoms with Crippen LogP contribution in [0.25, 0.3) is 0 Å². The van der Waals surface area contributed by atoms with Crippen molar-refractivity contribution in [2.75, 3.05) is 31.6 Å². The van der Waals surface area contributed by atoms with Crippen molar-refractivity contribution >= 4 is 35.6 Å². The lowest BCUT2D eigenvalue weighted by atomic mass is 10.2. The van der Waals surface area contributed by atoms with Crippen LogP contribution in [0.2, 0.25) is 0 Å². The van der Waals surface area contributed by atoms with E-state index in [2.05, 4.69) is 51.5 Å². The first kappa shape index (κ1) is 21.2. The molecule has 0 aliphatic carbocycles. The Morgan fingerprint density at radius 1 is 1.12 bits per heavy atom. The Morgan fingerprint density at radius 2 is 1.88 bits per heavy atom. The number of hydrogen-bond donors (Lipinski definition) is 2. The maximum atomic E-state index is 5.88. The highest BCUT2D eigenvalue weighted by molar-refractivity contribution is 14.0. The Hall–Kier alpha value is -1.83. The molecule has 0 aliphatic heterocycles. The van der Waals surface area contributed by atoms with Crippen molar-refractivity contribution in [2.24, 2.45) is 10.7 Å². The van der Waals surface area contributed by atoms with E-state index in [9.17, 15) is 0 Å². The maximum absolute atomic E-state index is 5.88. The van der Waals surface area contributed by atoms with E-state index < -0.39 is 0 Å². The van der Waals surface area contributed by atoms with E-state index in [4.69, 9.17) is 5.73 Å². The molecule has 0 amide bonds. The largest absolute Gasteiger partial charge is 0.375 e. The number of guanidine groups is 1. The molecule has 1 heterocycles. The number of anilines is 1. The van der Waals surface area contributed by atoms with Crippen molar-refractivity contribution in [3.05, 3.63) is 60.4 Å². The molecule has 2 rings (SSSR count). The number of unbranched alkanes of at least 4 members (excludes halogenated alkanes) is 1. The van der Waals surface area contributed by atoms with Crippen LogP contribution < -0.4 is 16.0 Å². The fourth-order valence-electron chi connectivity index (χ4n) is 2.39. The van der Waals surface area contributed by atoms with Crippen LogP contribution in [0.1, 0.15) is 18.5 Å². The molecule has 3 N–H and O–H groups in total. The highest BCUT2D eigenvalue weighted by Gasteiger charge is 1.99. The number of nitrogens with two attached hydrogens (primary N) is 1. The van der Waals surface area contributed by atoms with Crippen LogP contribution >= 0.6 is 24.0 Å². The topological polar surface area (TPSA) is 66.5 Å². The van der Waals surface area contributed by atoms with Gasteiger partial charge in [0.15, 0.2) is 5.96 Å². The minimum atomic E-state index is 0. The van der Waals surface area contributed by atoms with Crippen molar-refractivity contribution < 1.29 is 0 Å². The SMILES string of the molecule is CN(CCCCN=C(N)NCCc1ccccn1)c1ccccc1.I. The molecule has 1 aromatic carbocycles. The van der Waals surface area contributed by atoms with Crippen molar-refractivity contribution in [2.45, 2.75) is 19.3 Å². The van der Waals surface area contributed by atoms with Gasteiger partial charge in [-0.15, -0.1) is 24.0 Å². The number of pyridine rings is 1. The summed E-state index contributed by atoms with van der Waals surface area (Å²) in [6, 6.07) is 16.3. The van der Waals surface area contributed by atoms with Crippen LogP contribution in [0.5, 0.6) is 0 Å². The van der Waals surface area contributed by atoms with Gasteiger partial charge in [0.25, 0.3) is 0 Å². The Morgan fingerprint density at radius 3 is 2.60 bits per heavy atom. The summed E-state index contributed by atoms with van der Waals surface area (Å²) in [5, 5.41) is 3.13. The van der Waals surface area contributed by atoms with Crippen LogP contribution in [0.15, 0.2) is 59.7 Å². The van der Waals surface area contributed by atoms with Gasteiger partial charge >= 0.3 is 0 Å². The second kappa shape index (κ2) is 12.5. The zero-order chi connectivity index (χ0) is 17.0. The summed E-state index contributed by atoms with van der Waals surface area (Å²) in [6.45, 7) is 2.53. The summed E-state index contributed by atoms with van der Waals surface area (Å²) in [5.74, 6) is 0.516. The first-order valence-electron chi connectivity index (χ1n) is 8.45. The molecule has 0 saturated heterocycles. The molecule has 0 aliphatic rings. The van der Waals surface area contributed by atoms with Gasteiger partial charge in [0.05, 0.1) is 0 Å². The number of nitrogens with one attached hydrogen (secondary N) is 1. The van der Waals surface area contributed by atoms with Crippen molar-refractivity contribution in [1.29, 1.82) is 0 Å². The minimum Gasteiger partial charge on any atom is -0.375 e. The molecule has 5 nitrogen and oxygen atoms in total. The van der Waals surface area contributed by atoms with Gasteiger partial charge in [-0.3, -0.25) is 9.98 Å². The van der Waals surface area contributed by atoms with Gasteiger partial charge in [-0.25, -0.2) is 0 Å². The molecule has 0 spiro atoms. The molecule has 2 aromatic rings. The van der Waals surface area contributed by atoms with Crippen molar-refractivity contribution in [3.8, 4) is 0 Å². The van der Waals surface area contributed by atoms with Crippen molar-refractivity contribution in [1.82, 2.24) is 10.3 Å². The Balaban J connectivity index is 0.00000312. The van der Waals surface area contributed by atoms with Crippen LogP contribution in [0, 0.1) is 0 Å². The first-order chi connectivity index (χ1) is 11.8. The van der Waals surface area contributed by atoms with E-state index in [1.54, 1.807) is 6.20 Å². The van der Waals surface area contributed by atoms with Crippen LogP contribution in [0.3, 0.4) is 0 Å². The molecule has 6 heteroatoms. The zero-order valence-corrected chi connectivity index (χ0v) is 17.1. The first-order valence-corrected chi connectivity index (χ1v) is 8.45. The smallest absolute Gasteiger partial charge is 0.188 e. The number of hydrogen-bond acceptors (Lipinski definition) is 3. The Kier molecular flexibility index (Phi) is 10.6. The molecule has 0 fully saturated rings. The zero-order valence-electron chi connectivity index (χ0n) is 14.8. The van der Waals surface area contributed by atoms with Crippen LogP contribution in [-0.2, 0) is 6.42 Å². The standard InChI is InChI=1S/C19H27N5.HI/c1-24(18-10-3-2-4-11-18)16-8-7-14-22-19(20)23-15-12-17-9-5-6-13-21-17;/h2-6,9-11,13H,7-8,12,14-16H2,1H3,(H3,20,22,23);1H. The third-order valence-electron chi connectivity index (χ3n) is 3.79. The lowest BCUT2D eigenvalue weighted by molar-refractivity contribution is 0.724. The van der Waals surface area contributed by atoms with Crippen LogP contribution in [-0.4, -0.2) is 37.6 Å². The average molecular weight is 453 g/mol. The number of aromatic nitrogens is 1. The summed E-state index contributed by atoms with van der Waals surface area (Å²) < 4.78 is 0. The summed E-state index contributed by atoms with van der Waals surface area (Å²) in [7, 11) is 2.12. The molecular formula is C19H28IN5. The van der Waals surface area contributed by atoms with Gasteiger partial charge in [-0.05, 0) is 37.1 Å². The van der Waals surface area contributed by atoms with Gasteiger partial charge < -0.3 is 16.0 Å². The van der Waals surface area contributed by atoms with E-state index in [1.165, 1.54) is 5.69 Å². The average Bonchev–Trinajstić information content (AvgIpc) is 2.63. The lowest BCUT2D eigenvalue weighted by Gasteiger charge is -2.18. The summed E-state index contributed by atoms with van der Waals surface area (Å²) in [5.41, 5.74) is 8.18. The van der Waals surface area contributed by atoms with Gasteiger partial charge in [0, 0.05) is 50.7 Å². The quantitative estimate of drug-likeness (QED) is 0.265. The van der Waals surface area contributed by atoms with E-state index in [0.29, 0.717) is 5.96 Å². The Labute approximate surface area is 167 Å². The van der Waals surface area contributed by atoms with E-state index in [-0.39, 0.29) is 24.0 Å². The molecule has 0 saturated carbocycles. The second-order valence-electron chi connectivity index (χ2n) is 5.73. The maximum Gasteiger partial charge on any atom is 0.188 e. The summed E-state index contributed by atoms with van der Waals surface area (Å²) >= 11 is 0. The second-order valence-corrected chi connectivity index (χ2v) is 5.73. The monoisotopic (exact) mass is 453 g/mol. The third-order valence-corrected chi connectivity index (χ3v) is 3.79. The van der Waals surface area contributed by atoms with E-state index in [1.807, 2.05) is 24.3 Å². The number of halogens is 1. The third kappa shape index (κ3) is 8.72. The van der Waals surface area contributed by atoms with Gasteiger partial charge in [0.1, 0.15) is 0 Å². The summed E-state index contributed by atoms with van der Waals surface area (Å²) in [4.78, 5) is 10.9.